The maximum Gasteiger partial charge on any atom is 0.340 e. The summed E-state index contributed by atoms with van der Waals surface area (Å²) in [4.78, 5) is 16.3. The molecule has 0 fully saturated rings. The molecular formula is C18H15ClN2O2. The third kappa shape index (κ3) is 2.98. The zero-order valence-corrected chi connectivity index (χ0v) is 13.3. The van der Waals surface area contributed by atoms with Crippen LogP contribution < -0.4 is 5.73 Å². The van der Waals surface area contributed by atoms with E-state index in [4.69, 9.17) is 22.1 Å². The minimum Gasteiger partial charge on any atom is -0.465 e. The van der Waals surface area contributed by atoms with Crippen LogP contribution in [0, 0.1) is 0 Å². The van der Waals surface area contributed by atoms with Gasteiger partial charge in [-0.2, -0.15) is 0 Å². The number of pyridine rings is 1. The fourth-order valence-corrected chi connectivity index (χ4v) is 2.71. The summed E-state index contributed by atoms with van der Waals surface area (Å²) in [5, 5.41) is 1.61. The number of aromatic nitrogens is 1. The average molecular weight is 327 g/mol. The van der Waals surface area contributed by atoms with Crippen LogP contribution in [-0.2, 0) is 11.2 Å². The number of halogens is 1. The van der Waals surface area contributed by atoms with Crippen LogP contribution in [0.15, 0.2) is 48.7 Å². The summed E-state index contributed by atoms with van der Waals surface area (Å²) in [6, 6.07) is 13.2. The molecule has 0 spiro atoms. The van der Waals surface area contributed by atoms with E-state index < -0.39 is 5.97 Å². The lowest BCUT2D eigenvalue weighted by Gasteiger charge is -2.12. The van der Waals surface area contributed by atoms with E-state index in [2.05, 4.69) is 4.98 Å². The lowest BCUT2D eigenvalue weighted by Crippen LogP contribution is -2.08. The number of rotatable bonds is 3. The first-order chi connectivity index (χ1) is 11.1. The molecule has 0 aliphatic rings. The number of nitrogens with two attached hydrogens (primary N) is 1. The van der Waals surface area contributed by atoms with Gasteiger partial charge in [-0.1, -0.05) is 29.8 Å². The molecule has 3 aromatic rings. The van der Waals surface area contributed by atoms with Gasteiger partial charge >= 0.3 is 5.97 Å². The molecular weight excluding hydrogens is 312 g/mol. The minimum atomic E-state index is -0.465. The second-order valence-corrected chi connectivity index (χ2v) is 5.63. The van der Waals surface area contributed by atoms with Crippen LogP contribution in [0.3, 0.4) is 0 Å². The Bertz CT molecular complexity index is 876. The molecule has 23 heavy (non-hydrogen) atoms. The molecule has 3 rings (SSSR count). The molecule has 0 saturated carbocycles. The monoisotopic (exact) mass is 326 g/mol. The molecule has 0 radical (unpaired) electrons. The summed E-state index contributed by atoms with van der Waals surface area (Å²) in [6.45, 7) is 0. The van der Waals surface area contributed by atoms with Gasteiger partial charge in [0.2, 0.25) is 0 Å². The van der Waals surface area contributed by atoms with Gasteiger partial charge in [0.25, 0.3) is 0 Å². The number of hydrogen-bond donors (Lipinski definition) is 1. The lowest BCUT2D eigenvalue weighted by molar-refractivity contribution is 0.0602. The predicted molar refractivity (Wildman–Crippen MR) is 91.8 cm³/mol. The molecule has 0 atom stereocenters. The third-order valence-corrected chi connectivity index (χ3v) is 3.98. The van der Waals surface area contributed by atoms with Crippen LogP contribution >= 0.6 is 11.6 Å². The molecule has 0 unspecified atom stereocenters. The van der Waals surface area contributed by atoms with Gasteiger partial charge in [-0.3, -0.25) is 4.98 Å². The first-order valence-electron chi connectivity index (χ1n) is 7.09. The van der Waals surface area contributed by atoms with Crippen molar-refractivity contribution in [1.82, 2.24) is 4.98 Å². The SMILES string of the molecule is COC(=O)c1cc(Cc2ccc(Cl)cc2)c2cccnc2c1N. The van der Waals surface area contributed by atoms with Gasteiger partial charge < -0.3 is 10.5 Å². The standard InChI is InChI=1S/C18H15ClN2O2/c1-23-18(22)15-10-12(9-11-4-6-13(19)7-5-11)14-3-2-8-21-17(14)16(15)20/h2-8,10H,9,20H2,1H3. The van der Waals surface area contributed by atoms with E-state index >= 15 is 0 Å². The van der Waals surface area contributed by atoms with Gasteiger partial charge in [0, 0.05) is 16.6 Å². The molecule has 5 heteroatoms. The molecule has 116 valence electrons. The molecule has 0 bridgehead atoms. The highest BCUT2D eigenvalue weighted by Gasteiger charge is 2.17. The number of nitrogens with zero attached hydrogens (tertiary/aromatic N) is 1. The Hall–Kier alpha value is -2.59. The fourth-order valence-electron chi connectivity index (χ4n) is 2.58. The molecule has 1 aromatic heterocycles. The van der Waals surface area contributed by atoms with Gasteiger partial charge in [0.05, 0.1) is 23.9 Å². The summed E-state index contributed by atoms with van der Waals surface area (Å²) >= 11 is 5.93. The molecule has 0 aliphatic heterocycles. The van der Waals surface area contributed by atoms with Crippen molar-refractivity contribution in [1.29, 1.82) is 0 Å². The average Bonchev–Trinajstić information content (AvgIpc) is 2.58. The molecule has 2 N–H and O–H groups in total. The van der Waals surface area contributed by atoms with Crippen LogP contribution in [0.5, 0.6) is 0 Å². The second kappa shape index (κ2) is 6.26. The van der Waals surface area contributed by atoms with Crippen molar-refractivity contribution in [3.63, 3.8) is 0 Å². The Morgan fingerprint density at radius 2 is 2.00 bits per heavy atom. The van der Waals surface area contributed by atoms with Gasteiger partial charge in [-0.15, -0.1) is 0 Å². The second-order valence-electron chi connectivity index (χ2n) is 5.19. The Kier molecular flexibility index (Phi) is 4.17. The normalized spacial score (nSPS) is 10.7. The van der Waals surface area contributed by atoms with E-state index in [-0.39, 0.29) is 0 Å². The van der Waals surface area contributed by atoms with Crippen molar-refractivity contribution in [2.75, 3.05) is 12.8 Å². The van der Waals surface area contributed by atoms with E-state index in [0.29, 0.717) is 28.2 Å². The Labute approximate surface area is 138 Å². The van der Waals surface area contributed by atoms with Crippen molar-refractivity contribution in [2.24, 2.45) is 0 Å². The largest absolute Gasteiger partial charge is 0.465 e. The van der Waals surface area contributed by atoms with E-state index in [1.807, 2.05) is 36.4 Å². The molecule has 0 saturated heterocycles. The van der Waals surface area contributed by atoms with E-state index in [0.717, 1.165) is 16.5 Å². The molecule has 0 amide bonds. The van der Waals surface area contributed by atoms with Gasteiger partial charge in [-0.25, -0.2) is 4.79 Å². The van der Waals surface area contributed by atoms with E-state index in [1.54, 1.807) is 12.3 Å². The highest BCUT2D eigenvalue weighted by molar-refractivity contribution is 6.30. The van der Waals surface area contributed by atoms with Crippen LogP contribution in [0.2, 0.25) is 5.02 Å². The number of carbonyl (C=O) groups is 1. The highest BCUT2D eigenvalue weighted by Crippen LogP contribution is 2.29. The van der Waals surface area contributed by atoms with Gasteiger partial charge in [0.1, 0.15) is 0 Å². The Morgan fingerprint density at radius 3 is 2.70 bits per heavy atom. The maximum absolute atomic E-state index is 12.0. The van der Waals surface area contributed by atoms with Gasteiger partial charge in [0.15, 0.2) is 0 Å². The number of ether oxygens (including phenoxy) is 1. The summed E-state index contributed by atoms with van der Waals surface area (Å²) < 4.78 is 4.82. The number of nitrogen functional groups attached to an aromatic ring is 1. The summed E-state index contributed by atoms with van der Waals surface area (Å²) in [7, 11) is 1.34. The van der Waals surface area contributed by atoms with Crippen molar-refractivity contribution in [2.45, 2.75) is 6.42 Å². The minimum absolute atomic E-state index is 0.336. The summed E-state index contributed by atoms with van der Waals surface area (Å²) in [5.41, 5.74) is 9.43. The number of hydrogen-bond acceptors (Lipinski definition) is 4. The third-order valence-electron chi connectivity index (χ3n) is 3.73. The number of carbonyl (C=O) groups excluding carboxylic acids is 1. The first kappa shape index (κ1) is 15.3. The van der Waals surface area contributed by atoms with Crippen LogP contribution in [0.1, 0.15) is 21.5 Å². The van der Waals surface area contributed by atoms with E-state index in [1.165, 1.54) is 7.11 Å². The summed E-state index contributed by atoms with van der Waals surface area (Å²) in [5.74, 6) is -0.465. The number of anilines is 1. The van der Waals surface area contributed by atoms with Crippen molar-refractivity contribution in [3.8, 4) is 0 Å². The number of methoxy groups -OCH3 is 1. The zero-order valence-electron chi connectivity index (χ0n) is 12.5. The van der Waals surface area contributed by atoms with E-state index in [9.17, 15) is 4.79 Å². The first-order valence-corrected chi connectivity index (χ1v) is 7.47. The zero-order chi connectivity index (χ0) is 16.4. The molecule has 2 aromatic carbocycles. The number of esters is 1. The van der Waals surface area contributed by atoms with Crippen molar-refractivity contribution < 1.29 is 9.53 Å². The quantitative estimate of drug-likeness (QED) is 0.586. The Balaban J connectivity index is 2.16. The maximum atomic E-state index is 12.0. The molecule has 1 heterocycles. The lowest BCUT2D eigenvalue weighted by atomic mass is 9.96. The summed E-state index contributed by atoms with van der Waals surface area (Å²) in [6.07, 6.45) is 2.30. The smallest absolute Gasteiger partial charge is 0.340 e. The highest BCUT2D eigenvalue weighted by atomic mass is 35.5. The van der Waals surface area contributed by atoms with Crippen LogP contribution in [-0.4, -0.2) is 18.1 Å². The van der Waals surface area contributed by atoms with Crippen molar-refractivity contribution >= 4 is 34.2 Å². The number of benzene rings is 2. The predicted octanol–water partition coefficient (Wildman–Crippen LogP) is 3.85. The van der Waals surface area contributed by atoms with Crippen LogP contribution in [0.4, 0.5) is 5.69 Å². The fraction of sp³-hybridized carbons (Fsp3) is 0.111. The molecule has 4 nitrogen and oxygen atoms in total. The van der Waals surface area contributed by atoms with Crippen LogP contribution in [0.25, 0.3) is 10.9 Å². The Morgan fingerprint density at radius 1 is 1.26 bits per heavy atom. The number of fused-ring (bicyclic) bond motifs is 1. The molecule has 0 aliphatic carbocycles. The topological polar surface area (TPSA) is 65.2 Å². The van der Waals surface area contributed by atoms with Crippen molar-refractivity contribution in [3.05, 3.63) is 70.4 Å². The van der Waals surface area contributed by atoms with Gasteiger partial charge in [-0.05, 0) is 41.8 Å².